The maximum Gasteiger partial charge on any atom is 0.257 e. The van der Waals surface area contributed by atoms with E-state index in [1.54, 1.807) is 7.05 Å². The van der Waals surface area contributed by atoms with Crippen molar-refractivity contribution in [2.45, 2.75) is 6.92 Å². The van der Waals surface area contributed by atoms with Crippen molar-refractivity contribution < 1.29 is 4.74 Å². The lowest BCUT2D eigenvalue weighted by Gasteiger charge is -2.08. The Bertz CT molecular complexity index is 653. The van der Waals surface area contributed by atoms with E-state index in [1.165, 1.54) is 12.4 Å². The van der Waals surface area contributed by atoms with Gasteiger partial charge in [0.15, 0.2) is 5.15 Å². The van der Waals surface area contributed by atoms with Crippen LogP contribution in [0.15, 0.2) is 53.8 Å². The van der Waals surface area contributed by atoms with Crippen LogP contribution in [-0.4, -0.2) is 22.9 Å². The predicted octanol–water partition coefficient (Wildman–Crippen LogP) is 3.94. The molecule has 0 spiro atoms. The van der Waals surface area contributed by atoms with E-state index in [0.717, 1.165) is 11.5 Å². The van der Waals surface area contributed by atoms with Crippen LogP contribution in [0.25, 0.3) is 0 Å². The van der Waals surface area contributed by atoms with Crippen LogP contribution in [-0.2, 0) is 0 Å². The second-order valence-corrected chi connectivity index (χ2v) is 4.37. The summed E-state index contributed by atoms with van der Waals surface area (Å²) < 4.78 is 5.57. The summed E-state index contributed by atoms with van der Waals surface area (Å²) in [5.74, 6) is 1.69. The van der Waals surface area contributed by atoms with Crippen molar-refractivity contribution in [2.24, 2.45) is 4.99 Å². The van der Waals surface area contributed by atoms with Crippen molar-refractivity contribution in [2.75, 3.05) is 12.4 Å². The number of anilines is 1. The minimum absolute atomic E-state index is 0.230. The van der Waals surface area contributed by atoms with Crippen molar-refractivity contribution in [3.05, 3.63) is 54.0 Å². The Kier molecular flexibility index (Phi) is 5.29. The lowest BCUT2D eigenvalue weighted by molar-refractivity contribution is 0.460. The SMILES string of the molecule is C/C=C\C(=NC)Nc1ccc(Oc2nccnc2Cl)cc1. The number of benzene rings is 1. The second kappa shape index (κ2) is 7.40. The highest BCUT2D eigenvalue weighted by Crippen LogP contribution is 2.25. The molecule has 2 rings (SSSR count). The molecule has 6 heteroatoms. The van der Waals surface area contributed by atoms with Crippen LogP contribution in [0.4, 0.5) is 5.69 Å². The van der Waals surface area contributed by atoms with Gasteiger partial charge in [-0.2, -0.15) is 0 Å². The molecule has 0 aliphatic heterocycles. The van der Waals surface area contributed by atoms with Crippen LogP contribution in [0.1, 0.15) is 6.92 Å². The Hall–Kier alpha value is -2.40. The van der Waals surface area contributed by atoms with Crippen molar-refractivity contribution in [3.8, 4) is 11.6 Å². The number of hydrogen-bond acceptors (Lipinski definition) is 4. The maximum atomic E-state index is 5.89. The molecule has 0 aliphatic rings. The van der Waals surface area contributed by atoms with Crippen molar-refractivity contribution in [1.82, 2.24) is 9.97 Å². The topological polar surface area (TPSA) is 59.4 Å². The van der Waals surface area contributed by atoms with Crippen molar-refractivity contribution in [1.29, 1.82) is 0 Å². The molecule has 108 valence electrons. The molecule has 1 aromatic carbocycles. The molecule has 0 saturated heterocycles. The average Bonchev–Trinajstić information content (AvgIpc) is 2.51. The first-order chi connectivity index (χ1) is 10.2. The van der Waals surface area contributed by atoms with Gasteiger partial charge in [-0.1, -0.05) is 17.7 Å². The molecule has 0 unspecified atom stereocenters. The van der Waals surface area contributed by atoms with Gasteiger partial charge in [0.05, 0.1) is 0 Å². The molecule has 0 radical (unpaired) electrons. The van der Waals surface area contributed by atoms with Gasteiger partial charge in [0.1, 0.15) is 11.6 Å². The Morgan fingerprint density at radius 1 is 1.24 bits per heavy atom. The number of amidine groups is 1. The Labute approximate surface area is 128 Å². The summed E-state index contributed by atoms with van der Waals surface area (Å²) in [4.78, 5) is 12.1. The third kappa shape index (κ3) is 4.29. The van der Waals surface area contributed by atoms with Gasteiger partial charge in [-0.05, 0) is 37.3 Å². The monoisotopic (exact) mass is 302 g/mol. The summed E-state index contributed by atoms with van der Waals surface area (Å²) in [5, 5.41) is 3.42. The molecule has 1 aromatic heterocycles. The summed E-state index contributed by atoms with van der Waals surface area (Å²) in [6, 6.07) is 7.40. The van der Waals surface area contributed by atoms with Crippen LogP contribution in [0.3, 0.4) is 0 Å². The van der Waals surface area contributed by atoms with Crippen molar-refractivity contribution >= 4 is 23.1 Å². The summed E-state index contributed by atoms with van der Waals surface area (Å²) in [6.45, 7) is 1.94. The Balaban J connectivity index is 2.07. The molecule has 5 nitrogen and oxygen atoms in total. The molecule has 21 heavy (non-hydrogen) atoms. The van der Waals surface area contributed by atoms with Gasteiger partial charge >= 0.3 is 0 Å². The third-order valence-corrected chi connectivity index (χ3v) is 2.79. The highest BCUT2D eigenvalue weighted by atomic mass is 35.5. The summed E-state index contributed by atoms with van der Waals surface area (Å²) >= 11 is 5.89. The molecule has 0 fully saturated rings. The first-order valence-corrected chi connectivity index (χ1v) is 6.71. The lowest BCUT2D eigenvalue weighted by atomic mass is 10.3. The molecule has 1 heterocycles. The van der Waals surface area contributed by atoms with E-state index < -0.39 is 0 Å². The maximum absolute atomic E-state index is 5.89. The zero-order valence-corrected chi connectivity index (χ0v) is 12.5. The van der Waals surface area contributed by atoms with Crippen LogP contribution >= 0.6 is 11.6 Å². The van der Waals surface area contributed by atoms with E-state index >= 15 is 0 Å². The molecule has 0 aliphatic carbocycles. The fourth-order valence-electron chi connectivity index (χ4n) is 1.57. The fraction of sp³-hybridized carbons (Fsp3) is 0.133. The van der Waals surface area contributed by atoms with Gasteiger partial charge in [0, 0.05) is 25.1 Å². The molecule has 0 atom stereocenters. The van der Waals surface area contributed by atoms with E-state index in [2.05, 4.69) is 20.3 Å². The molecular formula is C15H15ClN4O. The molecular weight excluding hydrogens is 288 g/mol. The number of nitrogens with zero attached hydrogens (tertiary/aromatic N) is 3. The standard InChI is InChI=1S/C15H15ClN4O/c1-3-4-13(17-2)20-11-5-7-12(8-6-11)21-15-14(16)18-9-10-19-15/h3-10H,1-2H3,(H,17,20)/b4-3-. The first-order valence-electron chi connectivity index (χ1n) is 6.34. The Morgan fingerprint density at radius 2 is 1.95 bits per heavy atom. The van der Waals surface area contributed by atoms with E-state index in [9.17, 15) is 0 Å². The molecule has 2 aromatic rings. The predicted molar refractivity (Wildman–Crippen MR) is 85.4 cm³/mol. The number of nitrogens with one attached hydrogen (secondary N) is 1. The van der Waals surface area contributed by atoms with Crippen LogP contribution in [0.5, 0.6) is 11.6 Å². The number of rotatable bonds is 4. The van der Waals surface area contributed by atoms with Crippen molar-refractivity contribution in [3.63, 3.8) is 0 Å². The normalized spacial score (nSPS) is 11.7. The van der Waals surface area contributed by atoms with Crippen LogP contribution in [0.2, 0.25) is 5.15 Å². The van der Waals surface area contributed by atoms with E-state index in [-0.39, 0.29) is 11.0 Å². The van der Waals surface area contributed by atoms with Gasteiger partial charge < -0.3 is 10.1 Å². The number of aromatic nitrogens is 2. The van der Waals surface area contributed by atoms with Gasteiger partial charge in [-0.15, -0.1) is 0 Å². The fourth-order valence-corrected chi connectivity index (χ4v) is 1.72. The molecule has 1 N–H and O–H groups in total. The molecule has 0 bridgehead atoms. The van der Waals surface area contributed by atoms with Gasteiger partial charge in [0.2, 0.25) is 0 Å². The number of aliphatic imine (C=N–C) groups is 1. The van der Waals surface area contributed by atoms with Gasteiger partial charge in [-0.3, -0.25) is 4.99 Å². The second-order valence-electron chi connectivity index (χ2n) is 4.01. The quantitative estimate of drug-likeness (QED) is 0.686. The summed E-state index contributed by atoms with van der Waals surface area (Å²) in [7, 11) is 1.73. The Morgan fingerprint density at radius 3 is 2.57 bits per heavy atom. The minimum atomic E-state index is 0.230. The minimum Gasteiger partial charge on any atom is -0.436 e. The third-order valence-electron chi connectivity index (χ3n) is 2.53. The largest absolute Gasteiger partial charge is 0.436 e. The summed E-state index contributed by atoms with van der Waals surface area (Å²) in [5.41, 5.74) is 0.909. The van der Waals surface area contributed by atoms with E-state index in [4.69, 9.17) is 16.3 Å². The lowest BCUT2D eigenvalue weighted by Crippen LogP contribution is -2.08. The van der Waals surface area contributed by atoms with Crippen LogP contribution in [0, 0.1) is 0 Å². The first kappa shape index (κ1) is 15.0. The summed E-state index contributed by atoms with van der Waals surface area (Å²) in [6.07, 6.45) is 6.85. The highest BCUT2D eigenvalue weighted by molar-refractivity contribution is 6.30. The number of ether oxygens (including phenoxy) is 1. The zero-order chi connectivity index (χ0) is 15.1. The highest BCUT2D eigenvalue weighted by Gasteiger charge is 2.05. The number of hydrogen-bond donors (Lipinski definition) is 1. The molecule has 0 amide bonds. The van der Waals surface area contributed by atoms with Crippen LogP contribution < -0.4 is 10.1 Å². The van der Waals surface area contributed by atoms with E-state index in [1.807, 2.05) is 43.3 Å². The molecule has 0 saturated carbocycles. The number of halogens is 1. The zero-order valence-electron chi connectivity index (χ0n) is 11.7. The van der Waals surface area contributed by atoms with Gasteiger partial charge in [-0.25, -0.2) is 9.97 Å². The number of allylic oxidation sites excluding steroid dienone is 1. The van der Waals surface area contributed by atoms with Gasteiger partial charge in [0.25, 0.3) is 5.88 Å². The average molecular weight is 303 g/mol. The van der Waals surface area contributed by atoms with E-state index in [0.29, 0.717) is 5.75 Å². The smallest absolute Gasteiger partial charge is 0.257 e.